The Morgan fingerprint density at radius 3 is 2.89 bits per heavy atom. The van der Waals surface area contributed by atoms with Crippen LogP contribution in [0.25, 0.3) is 0 Å². The van der Waals surface area contributed by atoms with Crippen LogP contribution in [0.4, 0.5) is 0 Å². The highest BCUT2D eigenvalue weighted by Crippen LogP contribution is 2.30. The van der Waals surface area contributed by atoms with Crippen molar-refractivity contribution >= 4 is 15.9 Å². The van der Waals surface area contributed by atoms with E-state index >= 15 is 0 Å². The third-order valence-electron chi connectivity index (χ3n) is 2.96. The van der Waals surface area contributed by atoms with E-state index in [-0.39, 0.29) is 6.04 Å². The molecular formula is C15H17BrN2O. The molecule has 0 bridgehead atoms. The van der Waals surface area contributed by atoms with E-state index in [4.69, 9.17) is 10.5 Å². The van der Waals surface area contributed by atoms with E-state index in [0.717, 1.165) is 21.3 Å². The van der Waals surface area contributed by atoms with Gasteiger partial charge in [-0.1, -0.05) is 34.1 Å². The van der Waals surface area contributed by atoms with Crippen LogP contribution in [0.3, 0.4) is 0 Å². The SMILES string of the molecule is CCOc1cncc(C(N)c2cccc(C)c2Br)c1. The van der Waals surface area contributed by atoms with Gasteiger partial charge in [0, 0.05) is 10.7 Å². The highest BCUT2D eigenvalue weighted by Gasteiger charge is 2.14. The molecule has 0 aliphatic heterocycles. The van der Waals surface area contributed by atoms with Crippen molar-refractivity contribution in [2.75, 3.05) is 6.61 Å². The Bertz CT molecular complexity index is 572. The molecule has 0 saturated carbocycles. The molecule has 19 heavy (non-hydrogen) atoms. The number of hydrogen-bond donors (Lipinski definition) is 1. The maximum atomic E-state index is 6.33. The first-order chi connectivity index (χ1) is 9.13. The van der Waals surface area contributed by atoms with Crippen LogP contribution in [0.5, 0.6) is 5.75 Å². The molecule has 1 aromatic carbocycles. The van der Waals surface area contributed by atoms with Gasteiger partial charge >= 0.3 is 0 Å². The molecule has 2 aromatic rings. The first-order valence-corrected chi connectivity index (χ1v) is 7.01. The van der Waals surface area contributed by atoms with Crippen LogP contribution < -0.4 is 10.5 Å². The normalized spacial score (nSPS) is 12.2. The van der Waals surface area contributed by atoms with Crippen molar-refractivity contribution in [2.24, 2.45) is 5.73 Å². The lowest BCUT2D eigenvalue weighted by molar-refractivity contribution is 0.338. The Morgan fingerprint density at radius 1 is 1.37 bits per heavy atom. The summed E-state index contributed by atoms with van der Waals surface area (Å²) in [5.41, 5.74) is 9.49. The predicted octanol–water partition coefficient (Wildman–Crippen LogP) is 3.60. The monoisotopic (exact) mass is 320 g/mol. The predicted molar refractivity (Wildman–Crippen MR) is 80.3 cm³/mol. The van der Waals surface area contributed by atoms with Crippen molar-refractivity contribution in [1.29, 1.82) is 0 Å². The fourth-order valence-corrected chi connectivity index (χ4v) is 2.45. The molecule has 0 fully saturated rings. The Kier molecular flexibility index (Phi) is 4.56. The summed E-state index contributed by atoms with van der Waals surface area (Å²) in [6, 6.07) is 7.80. The number of halogens is 1. The van der Waals surface area contributed by atoms with Crippen molar-refractivity contribution in [1.82, 2.24) is 4.98 Å². The zero-order valence-corrected chi connectivity index (χ0v) is 12.6. The van der Waals surface area contributed by atoms with Gasteiger partial charge in [0.15, 0.2) is 0 Å². The molecule has 0 radical (unpaired) electrons. The summed E-state index contributed by atoms with van der Waals surface area (Å²) >= 11 is 3.60. The molecule has 1 heterocycles. The second-order valence-electron chi connectivity index (χ2n) is 4.34. The molecule has 0 saturated heterocycles. The van der Waals surface area contributed by atoms with Crippen LogP contribution in [0.2, 0.25) is 0 Å². The lowest BCUT2D eigenvalue weighted by atomic mass is 9.99. The van der Waals surface area contributed by atoms with E-state index in [1.165, 1.54) is 5.56 Å². The molecule has 1 unspecified atom stereocenters. The van der Waals surface area contributed by atoms with Crippen LogP contribution in [0.15, 0.2) is 41.1 Å². The summed E-state index contributed by atoms with van der Waals surface area (Å²) < 4.78 is 6.50. The van der Waals surface area contributed by atoms with E-state index in [1.54, 1.807) is 12.4 Å². The van der Waals surface area contributed by atoms with E-state index in [1.807, 2.05) is 25.1 Å². The van der Waals surface area contributed by atoms with E-state index in [9.17, 15) is 0 Å². The molecule has 2 N–H and O–H groups in total. The van der Waals surface area contributed by atoms with Gasteiger partial charge in [0.1, 0.15) is 5.75 Å². The summed E-state index contributed by atoms with van der Waals surface area (Å²) in [6.45, 7) is 4.62. The van der Waals surface area contributed by atoms with Gasteiger partial charge in [-0.3, -0.25) is 4.98 Å². The number of benzene rings is 1. The summed E-state index contributed by atoms with van der Waals surface area (Å²) in [5.74, 6) is 0.749. The molecule has 4 heteroatoms. The number of nitrogens with zero attached hydrogens (tertiary/aromatic N) is 1. The minimum Gasteiger partial charge on any atom is -0.492 e. The van der Waals surface area contributed by atoms with Gasteiger partial charge in [-0.25, -0.2) is 0 Å². The zero-order valence-electron chi connectivity index (χ0n) is 11.1. The number of hydrogen-bond acceptors (Lipinski definition) is 3. The standard InChI is InChI=1S/C15H17BrN2O/c1-3-19-12-7-11(8-18-9-12)15(17)13-6-4-5-10(2)14(13)16/h4-9,15H,3,17H2,1-2H3. The van der Waals surface area contributed by atoms with Crippen LogP contribution in [-0.4, -0.2) is 11.6 Å². The Balaban J connectivity index is 2.35. The second kappa shape index (κ2) is 6.17. The van der Waals surface area contributed by atoms with Crippen molar-refractivity contribution in [2.45, 2.75) is 19.9 Å². The molecule has 2 rings (SSSR count). The quantitative estimate of drug-likeness (QED) is 0.936. The van der Waals surface area contributed by atoms with Gasteiger partial charge in [-0.2, -0.15) is 0 Å². The lowest BCUT2D eigenvalue weighted by Gasteiger charge is -2.16. The number of aromatic nitrogens is 1. The summed E-state index contributed by atoms with van der Waals surface area (Å²) in [7, 11) is 0. The Morgan fingerprint density at radius 2 is 2.16 bits per heavy atom. The number of ether oxygens (including phenoxy) is 1. The van der Waals surface area contributed by atoms with Gasteiger partial charge in [0.05, 0.1) is 18.8 Å². The van der Waals surface area contributed by atoms with Crippen LogP contribution in [0, 0.1) is 6.92 Å². The molecule has 0 aliphatic rings. The summed E-state index contributed by atoms with van der Waals surface area (Å²) in [5, 5.41) is 0. The summed E-state index contributed by atoms with van der Waals surface area (Å²) in [4.78, 5) is 4.18. The highest BCUT2D eigenvalue weighted by molar-refractivity contribution is 9.10. The number of nitrogens with two attached hydrogens (primary N) is 1. The van der Waals surface area contributed by atoms with E-state index < -0.39 is 0 Å². The largest absolute Gasteiger partial charge is 0.492 e. The third kappa shape index (κ3) is 3.14. The maximum absolute atomic E-state index is 6.33. The molecular weight excluding hydrogens is 304 g/mol. The molecule has 100 valence electrons. The van der Waals surface area contributed by atoms with E-state index in [2.05, 4.69) is 33.9 Å². The zero-order chi connectivity index (χ0) is 13.8. The fourth-order valence-electron chi connectivity index (χ4n) is 1.94. The van der Waals surface area contributed by atoms with Crippen LogP contribution in [-0.2, 0) is 0 Å². The molecule has 1 atom stereocenters. The van der Waals surface area contributed by atoms with Crippen molar-refractivity contribution in [3.8, 4) is 5.75 Å². The second-order valence-corrected chi connectivity index (χ2v) is 5.14. The average Bonchev–Trinajstić information content (AvgIpc) is 2.42. The summed E-state index contributed by atoms with van der Waals surface area (Å²) in [6.07, 6.45) is 3.48. The van der Waals surface area contributed by atoms with Crippen LogP contribution >= 0.6 is 15.9 Å². The first-order valence-electron chi connectivity index (χ1n) is 6.21. The number of rotatable bonds is 4. The van der Waals surface area contributed by atoms with E-state index in [0.29, 0.717) is 6.61 Å². The number of aryl methyl sites for hydroxylation is 1. The molecule has 0 amide bonds. The smallest absolute Gasteiger partial charge is 0.137 e. The van der Waals surface area contributed by atoms with Crippen LogP contribution in [0.1, 0.15) is 29.7 Å². The first kappa shape index (κ1) is 14.0. The Hall–Kier alpha value is -1.39. The van der Waals surface area contributed by atoms with Crippen molar-refractivity contribution < 1.29 is 4.74 Å². The molecule has 1 aromatic heterocycles. The topological polar surface area (TPSA) is 48.1 Å². The van der Waals surface area contributed by atoms with Crippen molar-refractivity contribution in [3.63, 3.8) is 0 Å². The molecule has 3 nitrogen and oxygen atoms in total. The lowest BCUT2D eigenvalue weighted by Crippen LogP contribution is -2.13. The van der Waals surface area contributed by atoms with Gasteiger partial charge in [0.2, 0.25) is 0 Å². The van der Waals surface area contributed by atoms with Gasteiger partial charge in [-0.15, -0.1) is 0 Å². The highest BCUT2D eigenvalue weighted by atomic mass is 79.9. The average molecular weight is 321 g/mol. The third-order valence-corrected chi connectivity index (χ3v) is 4.04. The molecule has 0 spiro atoms. The minimum absolute atomic E-state index is 0.220. The van der Waals surface area contributed by atoms with Gasteiger partial charge in [-0.05, 0) is 36.6 Å². The minimum atomic E-state index is -0.220. The van der Waals surface area contributed by atoms with Crippen molar-refractivity contribution in [3.05, 3.63) is 57.8 Å². The molecule has 0 aliphatic carbocycles. The van der Waals surface area contributed by atoms with Gasteiger partial charge < -0.3 is 10.5 Å². The van der Waals surface area contributed by atoms with Gasteiger partial charge in [0.25, 0.3) is 0 Å². The number of pyridine rings is 1. The fraction of sp³-hybridized carbons (Fsp3) is 0.267. The maximum Gasteiger partial charge on any atom is 0.137 e. The Labute approximate surface area is 121 Å².